The van der Waals surface area contributed by atoms with Gasteiger partial charge in [0, 0.05) is 13.1 Å². The van der Waals surface area contributed by atoms with Gasteiger partial charge in [-0.15, -0.1) is 0 Å². The molecule has 0 unspecified atom stereocenters. The van der Waals surface area contributed by atoms with Gasteiger partial charge in [0.25, 0.3) is 5.91 Å². The van der Waals surface area contributed by atoms with Crippen LogP contribution < -0.4 is 15.5 Å². The number of amides is 2. The van der Waals surface area contributed by atoms with Crippen molar-refractivity contribution < 1.29 is 23.5 Å². The Labute approximate surface area is 182 Å². The zero-order chi connectivity index (χ0) is 22.6. The highest BCUT2D eigenvalue weighted by Crippen LogP contribution is 2.29. The van der Waals surface area contributed by atoms with Crippen molar-refractivity contribution in [2.45, 2.75) is 59.0 Å². The Morgan fingerprint density at radius 2 is 1.84 bits per heavy atom. The molecule has 8 heteroatoms. The number of hydrogen-bond donors (Lipinski definition) is 2. The smallest absolute Gasteiger partial charge is 0.408 e. The SMILES string of the molecule is C[C@@H]1CN(c2ccccc2NC(=O)c2coc(CNC(=O)OC(C)(C)C)c2)C[C@H](C)O1. The molecule has 1 aromatic carbocycles. The lowest BCUT2D eigenvalue weighted by Crippen LogP contribution is -2.45. The van der Waals surface area contributed by atoms with Crippen molar-refractivity contribution in [3.63, 3.8) is 0 Å². The Kier molecular flexibility index (Phi) is 6.90. The first-order valence-electron chi connectivity index (χ1n) is 10.5. The number of carbonyl (C=O) groups excluding carboxylic acids is 2. The number of para-hydroxylation sites is 2. The van der Waals surface area contributed by atoms with E-state index in [0.717, 1.165) is 24.5 Å². The van der Waals surface area contributed by atoms with Gasteiger partial charge in [-0.25, -0.2) is 4.79 Å². The maximum absolute atomic E-state index is 12.8. The second-order valence-electron chi connectivity index (χ2n) is 8.79. The molecule has 0 radical (unpaired) electrons. The number of ether oxygens (including phenoxy) is 2. The third-order valence-corrected chi connectivity index (χ3v) is 4.63. The number of hydrogen-bond acceptors (Lipinski definition) is 6. The van der Waals surface area contributed by atoms with Crippen LogP contribution in [0.4, 0.5) is 16.2 Å². The number of rotatable bonds is 5. The molecule has 2 aromatic rings. The van der Waals surface area contributed by atoms with E-state index in [1.807, 2.05) is 38.1 Å². The van der Waals surface area contributed by atoms with Gasteiger partial charge in [-0.1, -0.05) is 12.1 Å². The molecule has 1 fully saturated rings. The van der Waals surface area contributed by atoms with Gasteiger partial charge in [0.2, 0.25) is 0 Å². The molecule has 1 aliphatic heterocycles. The Balaban J connectivity index is 1.63. The lowest BCUT2D eigenvalue weighted by molar-refractivity contribution is -0.00517. The van der Waals surface area contributed by atoms with Gasteiger partial charge in [0.05, 0.1) is 35.7 Å². The second-order valence-corrected chi connectivity index (χ2v) is 8.79. The van der Waals surface area contributed by atoms with Crippen molar-refractivity contribution in [3.8, 4) is 0 Å². The standard InChI is InChI=1S/C23H31N3O5/c1-15-12-26(13-16(2)30-15)20-9-7-6-8-19(20)25-21(27)17-10-18(29-14-17)11-24-22(28)31-23(3,4)5/h6-10,14-16H,11-13H2,1-5H3,(H,24,28)(H,25,27)/t15-,16+. The summed E-state index contributed by atoms with van der Waals surface area (Å²) in [6, 6.07) is 9.31. The van der Waals surface area contributed by atoms with Gasteiger partial charge in [-0.2, -0.15) is 0 Å². The number of alkyl carbamates (subject to hydrolysis) is 1. The van der Waals surface area contributed by atoms with Crippen LogP contribution in [0, 0.1) is 0 Å². The van der Waals surface area contributed by atoms with Crippen molar-refractivity contribution >= 4 is 23.4 Å². The Morgan fingerprint density at radius 3 is 2.52 bits per heavy atom. The Morgan fingerprint density at radius 1 is 1.16 bits per heavy atom. The van der Waals surface area contributed by atoms with Crippen LogP contribution in [-0.2, 0) is 16.0 Å². The molecular formula is C23H31N3O5. The van der Waals surface area contributed by atoms with Crippen LogP contribution in [0.25, 0.3) is 0 Å². The molecule has 0 saturated carbocycles. The first kappa shape index (κ1) is 22.7. The van der Waals surface area contributed by atoms with Gasteiger partial charge in [-0.05, 0) is 52.8 Å². The van der Waals surface area contributed by atoms with E-state index in [4.69, 9.17) is 13.9 Å². The number of furan rings is 1. The normalized spacial score (nSPS) is 19.1. The highest BCUT2D eigenvalue weighted by atomic mass is 16.6. The van der Waals surface area contributed by atoms with E-state index in [0.29, 0.717) is 11.3 Å². The first-order chi connectivity index (χ1) is 14.6. The summed E-state index contributed by atoms with van der Waals surface area (Å²) in [6.07, 6.45) is 1.06. The van der Waals surface area contributed by atoms with E-state index in [1.165, 1.54) is 6.26 Å². The summed E-state index contributed by atoms with van der Waals surface area (Å²) in [7, 11) is 0. The summed E-state index contributed by atoms with van der Waals surface area (Å²) in [5.41, 5.74) is 1.47. The summed E-state index contributed by atoms with van der Waals surface area (Å²) in [6.45, 7) is 11.1. The van der Waals surface area contributed by atoms with E-state index in [-0.39, 0.29) is 24.7 Å². The van der Waals surface area contributed by atoms with E-state index < -0.39 is 11.7 Å². The molecule has 2 N–H and O–H groups in total. The van der Waals surface area contributed by atoms with E-state index >= 15 is 0 Å². The molecule has 1 aromatic heterocycles. The summed E-state index contributed by atoms with van der Waals surface area (Å²) < 4.78 is 16.4. The zero-order valence-corrected chi connectivity index (χ0v) is 18.7. The van der Waals surface area contributed by atoms with Crippen molar-refractivity contribution in [3.05, 3.63) is 47.9 Å². The quantitative estimate of drug-likeness (QED) is 0.741. The molecule has 1 aliphatic rings. The highest BCUT2D eigenvalue weighted by Gasteiger charge is 2.24. The third kappa shape index (κ3) is 6.49. The topological polar surface area (TPSA) is 93.0 Å². The van der Waals surface area contributed by atoms with Crippen LogP contribution in [0.15, 0.2) is 41.0 Å². The van der Waals surface area contributed by atoms with Crippen LogP contribution in [0.1, 0.15) is 50.7 Å². The lowest BCUT2D eigenvalue weighted by Gasteiger charge is -2.37. The minimum Gasteiger partial charge on any atom is -0.467 e. The largest absolute Gasteiger partial charge is 0.467 e. The van der Waals surface area contributed by atoms with Crippen molar-refractivity contribution in [2.75, 3.05) is 23.3 Å². The predicted octanol–water partition coefficient (Wildman–Crippen LogP) is 4.17. The zero-order valence-electron chi connectivity index (χ0n) is 18.7. The number of morpholine rings is 1. The molecule has 2 amide bonds. The predicted molar refractivity (Wildman–Crippen MR) is 118 cm³/mol. The van der Waals surface area contributed by atoms with Crippen molar-refractivity contribution in [1.82, 2.24) is 5.32 Å². The number of carbonyl (C=O) groups is 2. The minimum atomic E-state index is -0.582. The second kappa shape index (κ2) is 9.43. The molecular weight excluding hydrogens is 398 g/mol. The van der Waals surface area contributed by atoms with Crippen LogP contribution in [0.3, 0.4) is 0 Å². The summed E-state index contributed by atoms with van der Waals surface area (Å²) in [5, 5.41) is 5.58. The number of benzene rings is 1. The fourth-order valence-electron chi connectivity index (χ4n) is 3.49. The molecule has 168 valence electrons. The Bertz CT molecular complexity index is 908. The monoisotopic (exact) mass is 429 g/mol. The van der Waals surface area contributed by atoms with E-state index in [2.05, 4.69) is 15.5 Å². The fourth-order valence-corrected chi connectivity index (χ4v) is 3.49. The van der Waals surface area contributed by atoms with Gasteiger partial charge in [-0.3, -0.25) is 4.79 Å². The van der Waals surface area contributed by atoms with Gasteiger partial charge < -0.3 is 29.4 Å². The average Bonchev–Trinajstić information content (AvgIpc) is 3.14. The minimum absolute atomic E-state index is 0.112. The summed E-state index contributed by atoms with van der Waals surface area (Å²) in [5.74, 6) is 0.175. The number of nitrogens with one attached hydrogen (secondary N) is 2. The summed E-state index contributed by atoms with van der Waals surface area (Å²) in [4.78, 5) is 26.8. The van der Waals surface area contributed by atoms with Gasteiger partial charge in [0.1, 0.15) is 17.6 Å². The number of anilines is 2. The first-order valence-corrected chi connectivity index (χ1v) is 10.5. The van der Waals surface area contributed by atoms with Crippen LogP contribution in [-0.4, -0.2) is 42.9 Å². The molecule has 2 atom stereocenters. The maximum atomic E-state index is 12.8. The number of nitrogens with zero attached hydrogens (tertiary/aromatic N) is 1. The van der Waals surface area contributed by atoms with Crippen LogP contribution in [0.2, 0.25) is 0 Å². The lowest BCUT2D eigenvalue weighted by atomic mass is 10.1. The molecule has 3 rings (SSSR count). The van der Waals surface area contributed by atoms with E-state index in [1.54, 1.807) is 26.8 Å². The highest BCUT2D eigenvalue weighted by molar-refractivity contribution is 6.05. The van der Waals surface area contributed by atoms with Gasteiger partial charge >= 0.3 is 6.09 Å². The summed E-state index contributed by atoms with van der Waals surface area (Å²) >= 11 is 0. The van der Waals surface area contributed by atoms with Crippen LogP contribution >= 0.6 is 0 Å². The molecule has 2 heterocycles. The molecule has 1 saturated heterocycles. The fraction of sp³-hybridized carbons (Fsp3) is 0.478. The molecule has 0 aliphatic carbocycles. The Hall–Kier alpha value is -3.00. The maximum Gasteiger partial charge on any atom is 0.408 e. The molecule has 31 heavy (non-hydrogen) atoms. The van der Waals surface area contributed by atoms with E-state index in [9.17, 15) is 9.59 Å². The molecule has 0 bridgehead atoms. The average molecular weight is 430 g/mol. The van der Waals surface area contributed by atoms with Crippen molar-refractivity contribution in [1.29, 1.82) is 0 Å². The molecule has 8 nitrogen and oxygen atoms in total. The molecule has 0 spiro atoms. The third-order valence-electron chi connectivity index (χ3n) is 4.63. The van der Waals surface area contributed by atoms with Crippen molar-refractivity contribution in [2.24, 2.45) is 0 Å². The van der Waals surface area contributed by atoms with Crippen LogP contribution in [0.5, 0.6) is 0 Å². The van der Waals surface area contributed by atoms with Gasteiger partial charge in [0.15, 0.2) is 0 Å².